The number of esters is 1. The number of carbonyl (C=O) groups excluding carboxylic acids is 1. The molecule has 0 bridgehead atoms. The van der Waals surface area contributed by atoms with Crippen molar-refractivity contribution in [3.63, 3.8) is 0 Å². The second kappa shape index (κ2) is 4.93. The predicted octanol–water partition coefficient (Wildman–Crippen LogP) is 0.161. The molecule has 4 rings (SSSR count). The van der Waals surface area contributed by atoms with Crippen LogP contribution < -0.4 is 0 Å². The highest BCUT2D eigenvalue weighted by atomic mass is 32.2. The fourth-order valence-electron chi connectivity index (χ4n) is 7.02. The minimum absolute atomic E-state index is 0.0362. The van der Waals surface area contributed by atoms with Crippen molar-refractivity contribution in [2.45, 2.75) is 61.4 Å². The number of fused-ring (bicyclic) bond motifs is 2. The van der Waals surface area contributed by atoms with Crippen LogP contribution in [0.15, 0.2) is 0 Å². The molecule has 7 heteroatoms. The quantitative estimate of drug-likeness (QED) is 0.512. The Balaban J connectivity index is 1.86. The molecule has 0 aromatic rings. The predicted molar refractivity (Wildman–Crippen MR) is 91.8 cm³/mol. The zero-order valence-corrected chi connectivity index (χ0v) is 15.9. The average molecular weight is 372 g/mol. The van der Waals surface area contributed by atoms with E-state index in [9.17, 15) is 25.2 Å². The number of aliphatic hydroxyl groups excluding tert-OH is 3. The van der Waals surface area contributed by atoms with Crippen LogP contribution in [0.25, 0.3) is 0 Å². The van der Waals surface area contributed by atoms with Crippen LogP contribution in [-0.2, 0) is 9.53 Å². The molecule has 4 N–H and O–H groups in total. The molecule has 1 aliphatic heterocycles. The van der Waals surface area contributed by atoms with Gasteiger partial charge in [0.25, 0.3) is 0 Å². The van der Waals surface area contributed by atoms with E-state index < -0.39 is 45.1 Å². The van der Waals surface area contributed by atoms with Crippen molar-refractivity contribution in [2.24, 2.45) is 28.6 Å². The third kappa shape index (κ3) is 1.75. The third-order valence-corrected chi connectivity index (χ3v) is 9.65. The molecule has 3 saturated carbocycles. The van der Waals surface area contributed by atoms with E-state index in [0.29, 0.717) is 0 Å². The number of carbonyl (C=O) groups is 1. The normalized spacial score (nSPS) is 58.2. The van der Waals surface area contributed by atoms with Crippen LogP contribution in [-0.4, -0.2) is 67.9 Å². The Morgan fingerprint density at radius 3 is 2.44 bits per heavy atom. The summed E-state index contributed by atoms with van der Waals surface area (Å²) in [6, 6.07) is 0. The number of rotatable bonds is 2. The highest BCUT2D eigenvalue weighted by molar-refractivity contribution is 8.02. The second-order valence-electron chi connectivity index (χ2n) is 9.51. The van der Waals surface area contributed by atoms with E-state index in [-0.39, 0.29) is 23.9 Å². The van der Waals surface area contributed by atoms with E-state index in [4.69, 9.17) is 4.74 Å². The summed E-state index contributed by atoms with van der Waals surface area (Å²) in [4.78, 5) is 12.3. The summed E-state index contributed by atoms with van der Waals surface area (Å²) in [5, 5.41) is 42.9. The number of thioether (sulfide) groups is 1. The van der Waals surface area contributed by atoms with Gasteiger partial charge in [-0.25, -0.2) is 0 Å². The Labute approximate surface area is 151 Å². The molecule has 25 heavy (non-hydrogen) atoms. The van der Waals surface area contributed by atoms with Crippen LogP contribution in [0.3, 0.4) is 0 Å². The summed E-state index contributed by atoms with van der Waals surface area (Å²) in [7, 11) is 1.25. The van der Waals surface area contributed by atoms with E-state index in [2.05, 4.69) is 13.8 Å². The lowest BCUT2D eigenvalue weighted by atomic mass is 9.37. The van der Waals surface area contributed by atoms with Gasteiger partial charge in [0.15, 0.2) is 0 Å². The Bertz CT molecular complexity index is 625. The molecule has 0 amide bonds. The topological polar surface area (TPSA) is 107 Å². The van der Waals surface area contributed by atoms with E-state index in [1.165, 1.54) is 7.11 Å². The molecule has 0 spiro atoms. The molecular formula is C18H28O6S. The van der Waals surface area contributed by atoms with Crippen LogP contribution in [0.2, 0.25) is 0 Å². The van der Waals surface area contributed by atoms with Crippen LogP contribution in [0.4, 0.5) is 0 Å². The average Bonchev–Trinajstić information content (AvgIpc) is 3.04. The second-order valence-corrected chi connectivity index (χ2v) is 11.0. The largest absolute Gasteiger partial charge is 0.468 e. The first-order valence-electron chi connectivity index (χ1n) is 8.95. The highest BCUT2D eigenvalue weighted by Crippen LogP contribution is 2.79. The van der Waals surface area contributed by atoms with E-state index in [1.54, 1.807) is 0 Å². The Kier molecular flexibility index (Phi) is 3.56. The maximum absolute atomic E-state index is 12.3. The van der Waals surface area contributed by atoms with Crippen molar-refractivity contribution in [3.05, 3.63) is 0 Å². The van der Waals surface area contributed by atoms with Gasteiger partial charge in [-0.2, -0.15) is 0 Å². The molecule has 4 aliphatic rings. The molecule has 0 aromatic carbocycles. The maximum atomic E-state index is 12.3. The summed E-state index contributed by atoms with van der Waals surface area (Å²) >= 11 is 1.10. The smallest absolute Gasteiger partial charge is 0.321 e. The first-order valence-corrected chi connectivity index (χ1v) is 9.83. The summed E-state index contributed by atoms with van der Waals surface area (Å²) in [6.45, 7) is 5.92. The first kappa shape index (κ1) is 18.0. The lowest BCUT2D eigenvalue weighted by Gasteiger charge is -2.70. The molecule has 4 fully saturated rings. The first-order chi connectivity index (χ1) is 11.5. The number of aliphatic hydroxyl groups is 4. The number of hydrogen-bond acceptors (Lipinski definition) is 7. The van der Waals surface area contributed by atoms with E-state index in [0.717, 1.165) is 24.6 Å². The zero-order valence-electron chi connectivity index (χ0n) is 15.1. The van der Waals surface area contributed by atoms with Crippen LogP contribution in [0.5, 0.6) is 0 Å². The minimum Gasteiger partial charge on any atom is -0.468 e. The standard InChI is InChI=1S/C18H28O6S/c1-15(2)5-8-9(6-15)16(3)13-17(7-19,10(8)20)25-11(12(21)24-4)18(13,23)14(16)22/h8-11,13-14,19-20,22-23H,5-7H2,1-4H3/t8-,9+,10+,11-,13-,14+,16-,17+,18-/m1/s1. The van der Waals surface area contributed by atoms with E-state index in [1.807, 2.05) is 6.92 Å². The van der Waals surface area contributed by atoms with Gasteiger partial charge < -0.3 is 25.2 Å². The van der Waals surface area contributed by atoms with Gasteiger partial charge in [0.05, 0.1) is 30.7 Å². The van der Waals surface area contributed by atoms with Crippen molar-refractivity contribution in [3.8, 4) is 0 Å². The van der Waals surface area contributed by atoms with Gasteiger partial charge >= 0.3 is 5.97 Å². The fraction of sp³-hybridized carbons (Fsp3) is 0.944. The van der Waals surface area contributed by atoms with Gasteiger partial charge in [-0.1, -0.05) is 20.8 Å². The number of methoxy groups -OCH3 is 1. The summed E-state index contributed by atoms with van der Waals surface area (Å²) < 4.78 is 3.79. The van der Waals surface area contributed by atoms with Crippen LogP contribution in [0, 0.1) is 28.6 Å². The number of ether oxygens (including phenoxy) is 1. The van der Waals surface area contributed by atoms with Crippen molar-refractivity contribution >= 4 is 17.7 Å². The lowest BCUT2D eigenvalue weighted by molar-refractivity contribution is -0.328. The Hall–Kier alpha value is -0.340. The molecule has 142 valence electrons. The van der Waals surface area contributed by atoms with Crippen molar-refractivity contribution in [2.75, 3.05) is 13.7 Å². The van der Waals surface area contributed by atoms with Gasteiger partial charge in [0.2, 0.25) is 0 Å². The van der Waals surface area contributed by atoms with E-state index >= 15 is 0 Å². The SMILES string of the molecule is COC(=O)[C@H]1S[C@@]2(CO)[C@@H](O)[C@@H]3CC(C)(C)C[C@@H]3[C@@]3(C)[C@H](O)[C@]1(O)[C@@H]23. The van der Waals surface area contributed by atoms with Gasteiger partial charge in [0.1, 0.15) is 10.9 Å². The Morgan fingerprint density at radius 1 is 1.24 bits per heavy atom. The molecule has 0 unspecified atom stereocenters. The van der Waals surface area contributed by atoms with Crippen molar-refractivity contribution < 1.29 is 30.0 Å². The summed E-state index contributed by atoms with van der Waals surface area (Å²) in [5.74, 6) is -1.18. The molecule has 0 radical (unpaired) electrons. The lowest BCUT2D eigenvalue weighted by Crippen LogP contribution is -2.83. The van der Waals surface area contributed by atoms with Gasteiger partial charge in [-0.15, -0.1) is 11.8 Å². The molecular weight excluding hydrogens is 344 g/mol. The van der Waals surface area contributed by atoms with Crippen LogP contribution >= 0.6 is 11.8 Å². The monoisotopic (exact) mass is 372 g/mol. The number of hydrogen-bond donors (Lipinski definition) is 4. The Morgan fingerprint density at radius 2 is 1.88 bits per heavy atom. The minimum atomic E-state index is -1.67. The van der Waals surface area contributed by atoms with Crippen molar-refractivity contribution in [1.29, 1.82) is 0 Å². The van der Waals surface area contributed by atoms with Gasteiger partial charge in [-0.3, -0.25) is 4.79 Å². The molecule has 1 saturated heterocycles. The van der Waals surface area contributed by atoms with Gasteiger partial charge in [0, 0.05) is 11.3 Å². The maximum Gasteiger partial charge on any atom is 0.321 e. The molecule has 3 aliphatic carbocycles. The van der Waals surface area contributed by atoms with Crippen LogP contribution in [0.1, 0.15) is 33.6 Å². The summed E-state index contributed by atoms with van der Waals surface area (Å²) in [6.07, 6.45) is -0.258. The highest BCUT2D eigenvalue weighted by Gasteiger charge is 2.87. The zero-order chi connectivity index (χ0) is 18.6. The molecule has 0 aromatic heterocycles. The van der Waals surface area contributed by atoms with Gasteiger partial charge in [-0.05, 0) is 30.1 Å². The van der Waals surface area contributed by atoms with Crippen molar-refractivity contribution in [1.82, 2.24) is 0 Å². The molecule has 6 nitrogen and oxygen atoms in total. The molecule has 9 atom stereocenters. The molecule has 1 heterocycles. The summed E-state index contributed by atoms with van der Waals surface area (Å²) in [5.41, 5.74) is -2.27. The third-order valence-electron chi connectivity index (χ3n) is 7.80. The fourth-order valence-corrected chi connectivity index (χ4v) is 9.07.